The maximum absolute atomic E-state index is 12.2. The fourth-order valence-electron chi connectivity index (χ4n) is 1.77. The number of pyridine rings is 1. The van der Waals surface area contributed by atoms with E-state index in [1.54, 1.807) is 18.0 Å². The van der Waals surface area contributed by atoms with E-state index in [0.717, 1.165) is 17.2 Å². The van der Waals surface area contributed by atoms with Crippen molar-refractivity contribution in [2.45, 2.75) is 20.4 Å². The molecule has 0 N–H and O–H groups in total. The van der Waals surface area contributed by atoms with Crippen LogP contribution in [-0.4, -0.2) is 22.8 Å². The van der Waals surface area contributed by atoms with Crippen LogP contribution in [0, 0.1) is 13.8 Å². The minimum Gasteiger partial charge on any atom is -0.464 e. The summed E-state index contributed by atoms with van der Waals surface area (Å²) in [7, 11) is 1.70. The Morgan fingerprint density at radius 2 is 2.16 bits per heavy atom. The molecule has 4 nitrogen and oxygen atoms in total. The van der Waals surface area contributed by atoms with Gasteiger partial charge in [-0.1, -0.05) is 11.6 Å². The van der Waals surface area contributed by atoms with E-state index in [2.05, 4.69) is 4.98 Å². The summed E-state index contributed by atoms with van der Waals surface area (Å²) >= 11 is 6.06. The standard InChI is InChI=1S/C14H15ClN2O2/c1-9-6-13(15)12(7-16-9)14(18)17(3)8-11-5-4-10(2)19-11/h4-7H,8H2,1-3H3. The second-order valence-corrected chi connectivity index (χ2v) is 4.89. The predicted molar refractivity (Wildman–Crippen MR) is 73.2 cm³/mol. The lowest BCUT2D eigenvalue weighted by molar-refractivity contribution is 0.0774. The lowest BCUT2D eigenvalue weighted by Gasteiger charge is -2.16. The highest BCUT2D eigenvalue weighted by Crippen LogP contribution is 2.18. The van der Waals surface area contributed by atoms with E-state index < -0.39 is 0 Å². The van der Waals surface area contributed by atoms with Gasteiger partial charge in [0.05, 0.1) is 17.1 Å². The van der Waals surface area contributed by atoms with Crippen molar-refractivity contribution in [1.29, 1.82) is 0 Å². The molecule has 0 aromatic carbocycles. The highest BCUT2D eigenvalue weighted by atomic mass is 35.5. The van der Waals surface area contributed by atoms with Crippen LogP contribution in [0.4, 0.5) is 0 Å². The number of aromatic nitrogens is 1. The first-order valence-corrected chi connectivity index (χ1v) is 6.28. The van der Waals surface area contributed by atoms with Crippen LogP contribution in [-0.2, 0) is 6.54 Å². The quantitative estimate of drug-likeness (QED) is 0.866. The van der Waals surface area contributed by atoms with E-state index in [-0.39, 0.29) is 5.91 Å². The molecule has 0 bridgehead atoms. The third-order valence-electron chi connectivity index (χ3n) is 2.76. The third kappa shape index (κ3) is 3.15. The van der Waals surface area contributed by atoms with E-state index in [1.807, 2.05) is 26.0 Å². The Kier molecular flexibility index (Phi) is 3.90. The predicted octanol–water partition coefficient (Wildman–Crippen LogP) is 3.22. The molecule has 0 aliphatic rings. The first-order chi connectivity index (χ1) is 8.97. The van der Waals surface area contributed by atoms with Crippen molar-refractivity contribution in [3.63, 3.8) is 0 Å². The minimum absolute atomic E-state index is 0.174. The number of halogens is 1. The molecule has 0 unspecified atom stereocenters. The lowest BCUT2D eigenvalue weighted by atomic mass is 10.2. The van der Waals surface area contributed by atoms with Gasteiger partial charge in [-0.15, -0.1) is 0 Å². The Bertz CT molecular complexity index is 607. The first kappa shape index (κ1) is 13.6. The fourth-order valence-corrected chi connectivity index (χ4v) is 2.05. The van der Waals surface area contributed by atoms with Gasteiger partial charge in [0.1, 0.15) is 11.5 Å². The zero-order valence-electron chi connectivity index (χ0n) is 11.1. The molecule has 0 saturated carbocycles. The Labute approximate surface area is 117 Å². The number of furan rings is 1. The molecule has 2 aromatic rings. The summed E-state index contributed by atoms with van der Waals surface area (Å²) in [4.78, 5) is 17.9. The Balaban J connectivity index is 2.14. The van der Waals surface area contributed by atoms with Gasteiger partial charge in [0.25, 0.3) is 5.91 Å². The number of rotatable bonds is 3. The summed E-state index contributed by atoms with van der Waals surface area (Å²) in [5, 5.41) is 0.417. The van der Waals surface area contributed by atoms with Gasteiger partial charge in [-0.3, -0.25) is 9.78 Å². The highest BCUT2D eigenvalue weighted by molar-refractivity contribution is 6.33. The first-order valence-electron chi connectivity index (χ1n) is 5.90. The number of carbonyl (C=O) groups is 1. The van der Waals surface area contributed by atoms with E-state index in [1.165, 1.54) is 6.20 Å². The van der Waals surface area contributed by atoms with Crippen molar-refractivity contribution in [3.8, 4) is 0 Å². The summed E-state index contributed by atoms with van der Waals surface area (Å²) < 4.78 is 5.45. The van der Waals surface area contributed by atoms with Crippen molar-refractivity contribution in [2.75, 3.05) is 7.05 Å². The van der Waals surface area contributed by atoms with Crippen LogP contribution in [0.25, 0.3) is 0 Å². The van der Waals surface area contributed by atoms with Crippen molar-refractivity contribution >= 4 is 17.5 Å². The molecular weight excluding hydrogens is 264 g/mol. The number of hydrogen-bond acceptors (Lipinski definition) is 3. The number of nitrogens with zero attached hydrogens (tertiary/aromatic N) is 2. The van der Waals surface area contributed by atoms with Gasteiger partial charge in [-0.05, 0) is 32.0 Å². The van der Waals surface area contributed by atoms with Gasteiger partial charge >= 0.3 is 0 Å². The van der Waals surface area contributed by atoms with Gasteiger partial charge in [-0.25, -0.2) is 0 Å². The molecule has 1 amide bonds. The summed E-state index contributed by atoms with van der Waals surface area (Å²) in [6, 6.07) is 5.40. The summed E-state index contributed by atoms with van der Waals surface area (Å²) in [6.07, 6.45) is 1.50. The summed E-state index contributed by atoms with van der Waals surface area (Å²) in [5.74, 6) is 1.39. The zero-order chi connectivity index (χ0) is 14.0. The highest BCUT2D eigenvalue weighted by Gasteiger charge is 2.17. The van der Waals surface area contributed by atoms with Crippen molar-refractivity contribution in [3.05, 3.63) is 52.2 Å². The molecule has 19 heavy (non-hydrogen) atoms. The average molecular weight is 279 g/mol. The van der Waals surface area contributed by atoms with Crippen LogP contribution in [0.3, 0.4) is 0 Å². The van der Waals surface area contributed by atoms with Gasteiger partial charge in [0, 0.05) is 18.9 Å². The average Bonchev–Trinajstić information content (AvgIpc) is 2.74. The van der Waals surface area contributed by atoms with Crippen LogP contribution in [0.5, 0.6) is 0 Å². The molecule has 2 heterocycles. The van der Waals surface area contributed by atoms with Gasteiger partial charge < -0.3 is 9.32 Å². The lowest BCUT2D eigenvalue weighted by Crippen LogP contribution is -2.26. The number of amides is 1. The molecule has 0 fully saturated rings. The molecule has 0 atom stereocenters. The second kappa shape index (κ2) is 5.45. The number of aryl methyl sites for hydroxylation is 2. The molecular formula is C14H15ClN2O2. The normalized spacial score (nSPS) is 10.5. The minimum atomic E-state index is -0.174. The SMILES string of the molecule is Cc1cc(Cl)c(C(=O)N(C)Cc2ccc(C)o2)cn1. The maximum Gasteiger partial charge on any atom is 0.257 e. The van der Waals surface area contributed by atoms with Crippen LogP contribution < -0.4 is 0 Å². The third-order valence-corrected chi connectivity index (χ3v) is 3.07. The molecule has 0 aliphatic carbocycles. The van der Waals surface area contributed by atoms with E-state index in [0.29, 0.717) is 17.1 Å². The molecule has 100 valence electrons. The van der Waals surface area contributed by atoms with Crippen molar-refractivity contribution in [2.24, 2.45) is 0 Å². The van der Waals surface area contributed by atoms with Crippen LogP contribution in [0.2, 0.25) is 5.02 Å². The van der Waals surface area contributed by atoms with Crippen molar-refractivity contribution in [1.82, 2.24) is 9.88 Å². The molecule has 5 heteroatoms. The molecule has 2 aromatic heterocycles. The summed E-state index contributed by atoms with van der Waals surface area (Å²) in [5.41, 5.74) is 1.18. The molecule has 2 rings (SSSR count). The second-order valence-electron chi connectivity index (χ2n) is 4.48. The van der Waals surface area contributed by atoms with E-state index in [9.17, 15) is 4.79 Å². The summed E-state index contributed by atoms with van der Waals surface area (Å²) in [6.45, 7) is 4.10. The Hall–Kier alpha value is -1.81. The van der Waals surface area contributed by atoms with Gasteiger partial charge in [0.2, 0.25) is 0 Å². The molecule has 0 saturated heterocycles. The number of hydrogen-bond donors (Lipinski definition) is 0. The maximum atomic E-state index is 12.2. The Morgan fingerprint density at radius 1 is 1.42 bits per heavy atom. The molecule has 0 aliphatic heterocycles. The molecule has 0 radical (unpaired) electrons. The topological polar surface area (TPSA) is 46.3 Å². The number of carbonyl (C=O) groups excluding carboxylic acids is 1. The van der Waals surface area contributed by atoms with Crippen LogP contribution >= 0.6 is 11.6 Å². The van der Waals surface area contributed by atoms with Crippen LogP contribution in [0.1, 0.15) is 27.6 Å². The monoisotopic (exact) mass is 278 g/mol. The smallest absolute Gasteiger partial charge is 0.257 e. The van der Waals surface area contributed by atoms with E-state index >= 15 is 0 Å². The zero-order valence-corrected chi connectivity index (χ0v) is 11.9. The largest absolute Gasteiger partial charge is 0.464 e. The van der Waals surface area contributed by atoms with E-state index in [4.69, 9.17) is 16.0 Å². The Morgan fingerprint density at radius 3 is 2.74 bits per heavy atom. The molecule has 0 spiro atoms. The van der Waals surface area contributed by atoms with Crippen molar-refractivity contribution < 1.29 is 9.21 Å². The van der Waals surface area contributed by atoms with Crippen LogP contribution in [0.15, 0.2) is 28.8 Å². The van der Waals surface area contributed by atoms with Gasteiger partial charge in [-0.2, -0.15) is 0 Å². The fraction of sp³-hybridized carbons (Fsp3) is 0.286. The van der Waals surface area contributed by atoms with Gasteiger partial charge in [0.15, 0.2) is 0 Å².